The maximum absolute atomic E-state index is 11.2. The lowest BCUT2D eigenvalue weighted by atomic mass is 10.0. The third kappa shape index (κ3) is 3.55. The molecule has 0 atom stereocenters. The van der Waals surface area contributed by atoms with Crippen molar-refractivity contribution in [2.24, 2.45) is 0 Å². The lowest BCUT2D eigenvalue weighted by Crippen LogP contribution is -1.97. The Morgan fingerprint density at radius 3 is 2.46 bits per heavy atom. The van der Waals surface area contributed by atoms with Crippen molar-refractivity contribution in [2.45, 2.75) is 13.3 Å². The molecule has 1 N–H and O–H groups in total. The fourth-order valence-electron chi connectivity index (χ4n) is 2.63. The molecule has 0 unspecified atom stereocenters. The minimum absolute atomic E-state index is 0.330. The Hall–Kier alpha value is -3.65. The van der Waals surface area contributed by atoms with Crippen LogP contribution in [0, 0.1) is 11.3 Å². The molecular weight excluding hydrogens is 326 g/mol. The molecule has 3 rings (SSSR count). The van der Waals surface area contributed by atoms with Gasteiger partial charge < -0.3 is 5.11 Å². The normalized spacial score (nSPS) is 11.2. The maximum Gasteiger partial charge on any atom is 0.346 e. The summed E-state index contributed by atoms with van der Waals surface area (Å²) in [5, 5.41) is 22.9. The van der Waals surface area contributed by atoms with E-state index in [1.807, 2.05) is 54.6 Å². The van der Waals surface area contributed by atoms with Crippen molar-refractivity contribution >= 4 is 12.0 Å². The van der Waals surface area contributed by atoms with Gasteiger partial charge in [0, 0.05) is 17.3 Å². The number of benzene rings is 2. The van der Waals surface area contributed by atoms with Crippen LogP contribution in [0.2, 0.25) is 0 Å². The van der Waals surface area contributed by atoms with Crippen LogP contribution in [0.1, 0.15) is 18.1 Å². The van der Waals surface area contributed by atoms with Crippen LogP contribution in [0.25, 0.3) is 23.0 Å². The van der Waals surface area contributed by atoms with Gasteiger partial charge in [0.15, 0.2) is 0 Å². The first kappa shape index (κ1) is 17.2. The van der Waals surface area contributed by atoms with Gasteiger partial charge in [0.05, 0.1) is 11.4 Å². The van der Waals surface area contributed by atoms with Crippen molar-refractivity contribution < 1.29 is 9.90 Å². The molecule has 0 spiro atoms. The SMILES string of the molecule is CCc1ccc(-c2nn(-c3ccccc3)cc2/C=C(\C#N)C(=O)O)cc1. The Bertz CT molecular complexity index is 994. The number of carboxylic acid groups (broad SMARTS) is 1. The molecule has 0 aliphatic heterocycles. The number of hydrogen-bond donors (Lipinski definition) is 1. The molecule has 3 aromatic rings. The number of nitrogens with zero attached hydrogens (tertiary/aromatic N) is 3. The average molecular weight is 343 g/mol. The fraction of sp³-hybridized carbons (Fsp3) is 0.0952. The van der Waals surface area contributed by atoms with E-state index in [0.29, 0.717) is 11.3 Å². The van der Waals surface area contributed by atoms with Gasteiger partial charge >= 0.3 is 5.97 Å². The highest BCUT2D eigenvalue weighted by atomic mass is 16.4. The summed E-state index contributed by atoms with van der Waals surface area (Å²) in [7, 11) is 0. The Kier molecular flexibility index (Phi) is 4.95. The van der Waals surface area contributed by atoms with Crippen LogP contribution in [0.15, 0.2) is 66.4 Å². The van der Waals surface area contributed by atoms with Gasteiger partial charge in [-0.15, -0.1) is 0 Å². The highest BCUT2D eigenvalue weighted by Crippen LogP contribution is 2.26. The number of nitriles is 1. The number of hydrogen-bond acceptors (Lipinski definition) is 3. The third-order valence-electron chi connectivity index (χ3n) is 4.05. The molecule has 1 aromatic heterocycles. The zero-order valence-corrected chi connectivity index (χ0v) is 14.3. The van der Waals surface area contributed by atoms with Crippen molar-refractivity contribution in [3.63, 3.8) is 0 Å². The zero-order chi connectivity index (χ0) is 18.5. The standard InChI is InChI=1S/C21H17N3O2/c1-2-15-8-10-16(11-9-15)20-18(12-17(13-22)21(25)26)14-24(23-20)19-6-4-3-5-7-19/h3-12,14H,2H2,1H3,(H,25,26)/b17-12+. The summed E-state index contributed by atoms with van der Waals surface area (Å²) in [4.78, 5) is 11.2. The molecule has 128 valence electrons. The van der Waals surface area contributed by atoms with Gasteiger partial charge in [-0.1, -0.05) is 49.4 Å². The summed E-state index contributed by atoms with van der Waals surface area (Å²) in [6.45, 7) is 2.08. The van der Waals surface area contributed by atoms with E-state index in [9.17, 15) is 9.90 Å². The molecule has 1 heterocycles. The first-order valence-corrected chi connectivity index (χ1v) is 8.22. The summed E-state index contributed by atoms with van der Waals surface area (Å²) in [5.74, 6) is -1.26. The number of aromatic nitrogens is 2. The predicted octanol–water partition coefficient (Wildman–Crippen LogP) is 4.09. The predicted molar refractivity (Wildman–Crippen MR) is 99.6 cm³/mol. The Morgan fingerprint density at radius 1 is 1.19 bits per heavy atom. The van der Waals surface area contributed by atoms with Crippen LogP contribution in [0.4, 0.5) is 0 Å². The summed E-state index contributed by atoms with van der Waals surface area (Å²) < 4.78 is 1.69. The summed E-state index contributed by atoms with van der Waals surface area (Å²) in [6.07, 6.45) is 4.03. The summed E-state index contributed by atoms with van der Waals surface area (Å²) in [6, 6.07) is 19.2. The van der Waals surface area contributed by atoms with Crippen LogP contribution < -0.4 is 0 Å². The molecule has 0 saturated carbocycles. The molecule has 0 radical (unpaired) electrons. The quantitative estimate of drug-likeness (QED) is 0.559. The van der Waals surface area contributed by atoms with E-state index in [1.165, 1.54) is 11.6 Å². The number of rotatable bonds is 5. The number of carboxylic acids is 1. The second kappa shape index (κ2) is 7.49. The lowest BCUT2D eigenvalue weighted by molar-refractivity contribution is -0.132. The van der Waals surface area contributed by atoms with E-state index in [1.54, 1.807) is 16.9 Å². The monoisotopic (exact) mass is 343 g/mol. The molecule has 2 aromatic carbocycles. The summed E-state index contributed by atoms with van der Waals surface area (Å²) >= 11 is 0. The Morgan fingerprint density at radius 2 is 1.88 bits per heavy atom. The molecule has 0 aliphatic carbocycles. The second-order valence-electron chi connectivity index (χ2n) is 5.74. The van der Waals surface area contributed by atoms with Gasteiger partial charge in [-0.2, -0.15) is 10.4 Å². The van der Waals surface area contributed by atoms with Gasteiger partial charge in [0.25, 0.3) is 0 Å². The molecule has 0 aliphatic rings. The smallest absolute Gasteiger partial charge is 0.346 e. The third-order valence-corrected chi connectivity index (χ3v) is 4.05. The molecular formula is C21H17N3O2. The largest absolute Gasteiger partial charge is 0.477 e. The Labute approximate surface area is 151 Å². The van der Waals surface area contributed by atoms with Gasteiger partial charge in [-0.25, -0.2) is 9.48 Å². The first-order valence-electron chi connectivity index (χ1n) is 8.22. The van der Waals surface area contributed by atoms with Gasteiger partial charge in [0.2, 0.25) is 0 Å². The minimum Gasteiger partial charge on any atom is -0.477 e. The van der Waals surface area contributed by atoms with Gasteiger partial charge in [0.1, 0.15) is 11.6 Å². The molecule has 0 saturated heterocycles. The molecule has 0 amide bonds. The number of aryl methyl sites for hydroxylation is 1. The van der Waals surface area contributed by atoms with E-state index in [0.717, 1.165) is 17.7 Å². The second-order valence-corrected chi connectivity index (χ2v) is 5.74. The van der Waals surface area contributed by atoms with Gasteiger partial charge in [-0.3, -0.25) is 0 Å². The highest BCUT2D eigenvalue weighted by Gasteiger charge is 2.14. The first-order chi connectivity index (χ1) is 12.6. The molecule has 0 fully saturated rings. The highest BCUT2D eigenvalue weighted by molar-refractivity contribution is 5.97. The molecule has 26 heavy (non-hydrogen) atoms. The van der Waals surface area contributed by atoms with Crippen molar-refractivity contribution in [1.82, 2.24) is 9.78 Å². The maximum atomic E-state index is 11.2. The van der Waals surface area contributed by atoms with Crippen LogP contribution in [-0.4, -0.2) is 20.9 Å². The van der Waals surface area contributed by atoms with E-state index in [4.69, 9.17) is 5.26 Å². The molecule has 5 nitrogen and oxygen atoms in total. The number of carbonyl (C=O) groups is 1. The summed E-state index contributed by atoms with van der Waals surface area (Å²) in [5.41, 5.74) is 3.81. The topological polar surface area (TPSA) is 78.9 Å². The van der Waals surface area contributed by atoms with Crippen molar-refractivity contribution in [3.8, 4) is 23.0 Å². The Balaban J connectivity index is 2.15. The van der Waals surface area contributed by atoms with Crippen LogP contribution in [0.5, 0.6) is 0 Å². The van der Waals surface area contributed by atoms with Crippen LogP contribution >= 0.6 is 0 Å². The zero-order valence-electron chi connectivity index (χ0n) is 14.3. The number of aliphatic carboxylic acids is 1. The van der Waals surface area contributed by atoms with Crippen LogP contribution in [0.3, 0.4) is 0 Å². The van der Waals surface area contributed by atoms with E-state index < -0.39 is 5.97 Å². The lowest BCUT2D eigenvalue weighted by Gasteiger charge is -2.02. The average Bonchev–Trinajstić information content (AvgIpc) is 3.10. The van der Waals surface area contributed by atoms with Gasteiger partial charge in [-0.05, 0) is 30.2 Å². The van der Waals surface area contributed by atoms with E-state index in [2.05, 4.69) is 12.0 Å². The van der Waals surface area contributed by atoms with Crippen molar-refractivity contribution in [3.05, 3.63) is 77.5 Å². The molecule has 0 bridgehead atoms. The van der Waals surface area contributed by atoms with Crippen molar-refractivity contribution in [2.75, 3.05) is 0 Å². The minimum atomic E-state index is -1.26. The molecule has 5 heteroatoms. The van der Waals surface area contributed by atoms with Crippen molar-refractivity contribution in [1.29, 1.82) is 5.26 Å². The number of para-hydroxylation sites is 1. The fourth-order valence-corrected chi connectivity index (χ4v) is 2.63. The van der Waals surface area contributed by atoms with E-state index >= 15 is 0 Å². The van der Waals surface area contributed by atoms with Crippen LogP contribution in [-0.2, 0) is 11.2 Å². The van der Waals surface area contributed by atoms with E-state index in [-0.39, 0.29) is 5.57 Å².